The van der Waals surface area contributed by atoms with Crippen LogP contribution in [0.1, 0.15) is 60.8 Å². The van der Waals surface area contributed by atoms with Crippen LogP contribution in [0.4, 0.5) is 0 Å². The van der Waals surface area contributed by atoms with Gasteiger partial charge in [-0.2, -0.15) is 0 Å². The molecule has 0 saturated carbocycles. The summed E-state index contributed by atoms with van der Waals surface area (Å²) in [6.07, 6.45) is 3.77. The fourth-order valence-electron chi connectivity index (χ4n) is 2.19. The largest absolute Gasteiger partial charge is 0.350 e. The van der Waals surface area contributed by atoms with E-state index in [1.165, 1.54) is 6.42 Å². The molecule has 4 nitrogen and oxygen atoms in total. The lowest BCUT2D eigenvalue weighted by Gasteiger charge is -2.34. The van der Waals surface area contributed by atoms with Gasteiger partial charge in [0, 0.05) is 5.92 Å². The van der Waals surface area contributed by atoms with Crippen LogP contribution >= 0.6 is 0 Å². The van der Waals surface area contributed by atoms with Crippen LogP contribution < -0.4 is 0 Å². The highest BCUT2D eigenvalue weighted by Crippen LogP contribution is 2.24. The van der Waals surface area contributed by atoms with Crippen LogP contribution in [-0.4, -0.2) is 37.5 Å². The van der Waals surface area contributed by atoms with Crippen molar-refractivity contribution in [1.82, 2.24) is 0 Å². The molecule has 2 saturated heterocycles. The Bertz CT molecular complexity index is 264. The van der Waals surface area contributed by atoms with Crippen LogP contribution in [-0.2, 0) is 18.9 Å². The highest BCUT2D eigenvalue weighted by Gasteiger charge is 2.31. The van der Waals surface area contributed by atoms with Gasteiger partial charge in [-0.1, -0.05) is 20.3 Å². The average Bonchev–Trinajstić information content (AvgIpc) is 2.70. The Morgan fingerprint density at radius 1 is 0.850 bits per heavy atom. The topological polar surface area (TPSA) is 36.9 Å². The molecule has 2 aliphatic rings. The first kappa shape index (κ1) is 17.9. The van der Waals surface area contributed by atoms with Crippen molar-refractivity contribution in [3.8, 4) is 0 Å². The van der Waals surface area contributed by atoms with Crippen molar-refractivity contribution in [3.63, 3.8) is 0 Å². The summed E-state index contributed by atoms with van der Waals surface area (Å²) in [4.78, 5) is 0. The highest BCUT2D eigenvalue weighted by atomic mass is 16.7. The molecule has 0 N–H and O–H groups in total. The Morgan fingerprint density at radius 3 is 1.80 bits per heavy atom. The summed E-state index contributed by atoms with van der Waals surface area (Å²) in [5, 5.41) is 0. The van der Waals surface area contributed by atoms with E-state index < -0.39 is 0 Å². The van der Waals surface area contributed by atoms with Gasteiger partial charge in [-0.25, -0.2) is 0 Å². The Hall–Kier alpha value is -0.160. The van der Waals surface area contributed by atoms with Gasteiger partial charge in [0.15, 0.2) is 11.6 Å². The summed E-state index contributed by atoms with van der Waals surface area (Å²) >= 11 is 0. The second-order valence-electron chi connectivity index (χ2n) is 6.54. The van der Waals surface area contributed by atoms with Crippen molar-refractivity contribution < 1.29 is 18.9 Å². The van der Waals surface area contributed by atoms with Crippen LogP contribution in [0, 0.1) is 5.92 Å². The molecule has 1 atom stereocenters. The molecule has 4 heteroatoms. The minimum Gasteiger partial charge on any atom is -0.350 e. The average molecular weight is 288 g/mol. The molecule has 0 radical (unpaired) electrons. The first-order valence-electron chi connectivity index (χ1n) is 7.87. The second kappa shape index (κ2) is 7.74. The predicted molar refractivity (Wildman–Crippen MR) is 79.6 cm³/mol. The van der Waals surface area contributed by atoms with Crippen molar-refractivity contribution in [3.05, 3.63) is 0 Å². The molecule has 0 aromatic heterocycles. The van der Waals surface area contributed by atoms with Gasteiger partial charge in [0.1, 0.15) is 0 Å². The Morgan fingerprint density at radius 2 is 1.40 bits per heavy atom. The van der Waals surface area contributed by atoms with Gasteiger partial charge in [0.25, 0.3) is 0 Å². The van der Waals surface area contributed by atoms with E-state index in [0.29, 0.717) is 12.0 Å². The number of rotatable bonds is 3. The molecule has 0 aromatic carbocycles. The SMILES string of the molecule is CCC1COC(C)(C)OC1.CCCC1COC(C)(C)O1. The van der Waals surface area contributed by atoms with Crippen molar-refractivity contribution in [2.45, 2.75) is 78.5 Å². The van der Waals surface area contributed by atoms with Crippen LogP contribution in [0.3, 0.4) is 0 Å². The highest BCUT2D eigenvalue weighted by molar-refractivity contribution is 4.69. The lowest BCUT2D eigenvalue weighted by molar-refractivity contribution is -0.262. The zero-order valence-corrected chi connectivity index (χ0v) is 14.0. The first-order chi connectivity index (χ1) is 9.28. The van der Waals surface area contributed by atoms with Crippen molar-refractivity contribution in [2.75, 3.05) is 19.8 Å². The van der Waals surface area contributed by atoms with Crippen LogP contribution in [0.2, 0.25) is 0 Å². The summed E-state index contributed by atoms with van der Waals surface area (Å²) in [6.45, 7) is 14.6. The van der Waals surface area contributed by atoms with E-state index in [0.717, 1.165) is 32.7 Å². The molecule has 0 spiro atoms. The van der Waals surface area contributed by atoms with E-state index in [-0.39, 0.29) is 11.6 Å². The van der Waals surface area contributed by atoms with Crippen LogP contribution in [0.25, 0.3) is 0 Å². The molecule has 0 aromatic rings. The number of ether oxygens (including phenoxy) is 4. The van der Waals surface area contributed by atoms with E-state index in [1.807, 2.05) is 27.7 Å². The summed E-state index contributed by atoms with van der Waals surface area (Å²) < 4.78 is 21.8. The zero-order valence-electron chi connectivity index (χ0n) is 14.0. The van der Waals surface area contributed by atoms with Crippen LogP contribution in [0.15, 0.2) is 0 Å². The third-order valence-electron chi connectivity index (χ3n) is 3.59. The van der Waals surface area contributed by atoms with Gasteiger partial charge in [0.2, 0.25) is 0 Å². The van der Waals surface area contributed by atoms with Gasteiger partial charge < -0.3 is 18.9 Å². The number of hydrogen-bond acceptors (Lipinski definition) is 4. The summed E-state index contributed by atoms with van der Waals surface area (Å²) in [5.41, 5.74) is 0. The van der Waals surface area contributed by atoms with Crippen molar-refractivity contribution in [2.24, 2.45) is 5.92 Å². The Labute approximate surface area is 124 Å². The fourth-order valence-corrected chi connectivity index (χ4v) is 2.19. The molecular weight excluding hydrogens is 256 g/mol. The molecule has 2 aliphatic heterocycles. The molecular formula is C16H32O4. The van der Waals surface area contributed by atoms with E-state index >= 15 is 0 Å². The monoisotopic (exact) mass is 288 g/mol. The third kappa shape index (κ3) is 6.53. The second-order valence-corrected chi connectivity index (χ2v) is 6.54. The normalized spacial score (nSPS) is 28.8. The molecule has 0 bridgehead atoms. The molecule has 2 rings (SSSR count). The van der Waals surface area contributed by atoms with E-state index in [1.54, 1.807) is 0 Å². The van der Waals surface area contributed by atoms with E-state index in [9.17, 15) is 0 Å². The van der Waals surface area contributed by atoms with Crippen LogP contribution in [0.5, 0.6) is 0 Å². The smallest absolute Gasteiger partial charge is 0.163 e. The molecule has 20 heavy (non-hydrogen) atoms. The third-order valence-corrected chi connectivity index (χ3v) is 3.59. The van der Waals surface area contributed by atoms with Crippen molar-refractivity contribution in [1.29, 1.82) is 0 Å². The molecule has 1 unspecified atom stereocenters. The number of hydrogen-bond donors (Lipinski definition) is 0. The maximum atomic E-state index is 5.57. The van der Waals surface area contributed by atoms with Crippen molar-refractivity contribution >= 4 is 0 Å². The quantitative estimate of drug-likeness (QED) is 0.793. The lowest BCUT2D eigenvalue weighted by atomic mass is 10.1. The predicted octanol–water partition coefficient (Wildman–Crippen LogP) is 3.73. The molecule has 0 amide bonds. The van der Waals surface area contributed by atoms with Gasteiger partial charge in [0.05, 0.1) is 25.9 Å². The Kier molecular flexibility index (Phi) is 6.92. The first-order valence-corrected chi connectivity index (χ1v) is 7.87. The molecule has 0 aliphatic carbocycles. The minimum atomic E-state index is -0.342. The maximum Gasteiger partial charge on any atom is 0.163 e. The standard InChI is InChI=1S/2C8H16O2/c1-4-7-5-9-8(2,3)10-6-7;1-4-5-7-6-9-8(2,3)10-7/h2*7H,4-6H2,1-3H3. The summed E-state index contributed by atoms with van der Waals surface area (Å²) in [6, 6.07) is 0. The molecule has 2 fully saturated rings. The van der Waals surface area contributed by atoms with Gasteiger partial charge in [-0.3, -0.25) is 0 Å². The fraction of sp³-hybridized carbons (Fsp3) is 1.00. The van der Waals surface area contributed by atoms with E-state index in [2.05, 4.69) is 13.8 Å². The molecule has 2 heterocycles. The minimum absolute atomic E-state index is 0.333. The Balaban J connectivity index is 0.000000200. The maximum absolute atomic E-state index is 5.57. The van der Waals surface area contributed by atoms with E-state index in [4.69, 9.17) is 18.9 Å². The van der Waals surface area contributed by atoms with Gasteiger partial charge >= 0.3 is 0 Å². The zero-order chi connectivity index (χ0) is 15.2. The summed E-state index contributed by atoms with van der Waals surface area (Å²) in [7, 11) is 0. The van der Waals surface area contributed by atoms with Gasteiger partial charge in [-0.05, 0) is 40.5 Å². The summed E-state index contributed by atoms with van der Waals surface area (Å²) in [5.74, 6) is -0.0704. The lowest BCUT2D eigenvalue weighted by Crippen LogP contribution is -2.38. The molecule has 120 valence electrons. The van der Waals surface area contributed by atoms with Gasteiger partial charge in [-0.15, -0.1) is 0 Å².